The standard InChI is InChI=1S/C21H17NO/c1-3-18-13-16(2)9-11-20(18)19-10-12-21(22-14-19)23-15-17-7-5-4-6-8-17/h1,4-14H,15H2,2H3. The molecular formula is C21H17NO. The van der Waals surface area contributed by atoms with E-state index in [0.717, 1.165) is 27.8 Å². The van der Waals surface area contributed by atoms with Crippen molar-refractivity contribution in [3.05, 3.63) is 83.6 Å². The van der Waals surface area contributed by atoms with Crippen molar-refractivity contribution in [3.63, 3.8) is 0 Å². The van der Waals surface area contributed by atoms with Crippen molar-refractivity contribution in [1.82, 2.24) is 4.98 Å². The quantitative estimate of drug-likeness (QED) is 0.656. The van der Waals surface area contributed by atoms with Crippen molar-refractivity contribution < 1.29 is 4.74 Å². The van der Waals surface area contributed by atoms with Crippen LogP contribution in [0.25, 0.3) is 11.1 Å². The molecule has 23 heavy (non-hydrogen) atoms. The second-order valence-electron chi connectivity index (χ2n) is 5.35. The molecule has 0 aliphatic carbocycles. The van der Waals surface area contributed by atoms with E-state index in [4.69, 9.17) is 11.2 Å². The summed E-state index contributed by atoms with van der Waals surface area (Å²) < 4.78 is 5.71. The highest BCUT2D eigenvalue weighted by molar-refractivity contribution is 5.71. The molecule has 0 bridgehead atoms. The number of nitrogens with zero attached hydrogens (tertiary/aromatic N) is 1. The monoisotopic (exact) mass is 299 g/mol. The van der Waals surface area contributed by atoms with Gasteiger partial charge in [-0.15, -0.1) is 6.42 Å². The van der Waals surface area contributed by atoms with Crippen molar-refractivity contribution in [2.75, 3.05) is 0 Å². The molecule has 2 aromatic carbocycles. The van der Waals surface area contributed by atoms with Crippen LogP contribution in [-0.2, 0) is 6.61 Å². The molecule has 0 saturated heterocycles. The predicted molar refractivity (Wildman–Crippen MR) is 93.1 cm³/mol. The highest BCUT2D eigenvalue weighted by Gasteiger charge is 2.05. The normalized spacial score (nSPS) is 10.1. The number of ether oxygens (including phenoxy) is 1. The minimum absolute atomic E-state index is 0.507. The molecule has 0 saturated carbocycles. The van der Waals surface area contributed by atoms with E-state index in [-0.39, 0.29) is 0 Å². The zero-order valence-corrected chi connectivity index (χ0v) is 13.0. The molecule has 1 aromatic heterocycles. The average molecular weight is 299 g/mol. The van der Waals surface area contributed by atoms with Crippen molar-refractivity contribution in [2.24, 2.45) is 0 Å². The molecule has 2 nitrogen and oxygen atoms in total. The van der Waals surface area contributed by atoms with E-state index in [1.54, 1.807) is 6.20 Å². The highest BCUT2D eigenvalue weighted by Crippen LogP contribution is 2.25. The van der Waals surface area contributed by atoms with Gasteiger partial charge >= 0.3 is 0 Å². The van der Waals surface area contributed by atoms with Gasteiger partial charge in [-0.2, -0.15) is 0 Å². The van der Waals surface area contributed by atoms with Crippen LogP contribution in [0.2, 0.25) is 0 Å². The summed E-state index contributed by atoms with van der Waals surface area (Å²) in [7, 11) is 0. The third kappa shape index (κ3) is 3.59. The van der Waals surface area contributed by atoms with Gasteiger partial charge in [-0.05, 0) is 35.7 Å². The number of aryl methyl sites for hydroxylation is 1. The topological polar surface area (TPSA) is 22.1 Å². The lowest BCUT2D eigenvalue weighted by atomic mass is 9.99. The molecule has 0 unspecified atom stereocenters. The van der Waals surface area contributed by atoms with Gasteiger partial charge in [0.25, 0.3) is 0 Å². The minimum atomic E-state index is 0.507. The Labute approximate surface area is 136 Å². The zero-order chi connectivity index (χ0) is 16.1. The van der Waals surface area contributed by atoms with E-state index in [0.29, 0.717) is 12.5 Å². The Morgan fingerprint density at radius 2 is 1.87 bits per heavy atom. The number of hydrogen-bond acceptors (Lipinski definition) is 2. The molecule has 3 aromatic rings. The van der Waals surface area contributed by atoms with Crippen LogP contribution in [0.1, 0.15) is 16.7 Å². The molecule has 1 heterocycles. The second kappa shape index (κ2) is 6.81. The van der Waals surface area contributed by atoms with Gasteiger partial charge < -0.3 is 4.74 Å². The molecule has 2 heteroatoms. The fourth-order valence-electron chi connectivity index (χ4n) is 2.39. The van der Waals surface area contributed by atoms with Crippen LogP contribution in [0.15, 0.2) is 66.9 Å². The van der Waals surface area contributed by atoms with Gasteiger partial charge in [-0.25, -0.2) is 4.98 Å². The van der Waals surface area contributed by atoms with Gasteiger partial charge in [0.05, 0.1) is 0 Å². The smallest absolute Gasteiger partial charge is 0.213 e. The molecule has 0 radical (unpaired) electrons. The largest absolute Gasteiger partial charge is 0.473 e. The third-order valence-electron chi connectivity index (χ3n) is 3.61. The van der Waals surface area contributed by atoms with Crippen LogP contribution in [0.4, 0.5) is 0 Å². The van der Waals surface area contributed by atoms with E-state index >= 15 is 0 Å². The van der Waals surface area contributed by atoms with Gasteiger partial charge in [0.2, 0.25) is 5.88 Å². The Morgan fingerprint density at radius 3 is 2.57 bits per heavy atom. The maximum Gasteiger partial charge on any atom is 0.213 e. The maximum atomic E-state index is 5.71. The Balaban J connectivity index is 1.76. The predicted octanol–water partition coefficient (Wildman–Crippen LogP) is 4.62. The molecule has 0 atom stereocenters. The van der Waals surface area contributed by atoms with Crippen molar-refractivity contribution in [1.29, 1.82) is 0 Å². The molecular weight excluding hydrogens is 282 g/mol. The fourth-order valence-corrected chi connectivity index (χ4v) is 2.39. The lowest BCUT2D eigenvalue weighted by Crippen LogP contribution is -1.97. The average Bonchev–Trinajstić information content (AvgIpc) is 2.61. The number of terminal acetylenes is 1. The van der Waals surface area contributed by atoms with Crippen LogP contribution >= 0.6 is 0 Å². The van der Waals surface area contributed by atoms with Crippen LogP contribution in [-0.4, -0.2) is 4.98 Å². The highest BCUT2D eigenvalue weighted by atomic mass is 16.5. The number of rotatable bonds is 4. The van der Waals surface area contributed by atoms with Crippen molar-refractivity contribution >= 4 is 0 Å². The number of benzene rings is 2. The van der Waals surface area contributed by atoms with E-state index in [9.17, 15) is 0 Å². The summed E-state index contributed by atoms with van der Waals surface area (Å²) in [5, 5.41) is 0. The summed E-state index contributed by atoms with van der Waals surface area (Å²) in [5.41, 5.74) is 5.15. The lowest BCUT2D eigenvalue weighted by Gasteiger charge is -2.08. The van der Waals surface area contributed by atoms with Crippen LogP contribution < -0.4 is 4.74 Å². The lowest BCUT2D eigenvalue weighted by molar-refractivity contribution is 0.294. The molecule has 0 aliphatic rings. The summed E-state index contributed by atoms with van der Waals surface area (Å²) in [6, 6.07) is 20.0. The zero-order valence-electron chi connectivity index (χ0n) is 13.0. The van der Waals surface area contributed by atoms with Crippen LogP contribution in [0.5, 0.6) is 5.88 Å². The summed E-state index contributed by atoms with van der Waals surface area (Å²) in [6.45, 7) is 2.54. The summed E-state index contributed by atoms with van der Waals surface area (Å²) in [6.07, 6.45) is 7.40. The Hall–Kier alpha value is -3.05. The fraction of sp³-hybridized carbons (Fsp3) is 0.0952. The summed E-state index contributed by atoms with van der Waals surface area (Å²) in [4.78, 5) is 4.38. The minimum Gasteiger partial charge on any atom is -0.473 e. The molecule has 0 spiro atoms. The first kappa shape index (κ1) is 14.9. The molecule has 0 amide bonds. The maximum absolute atomic E-state index is 5.71. The third-order valence-corrected chi connectivity index (χ3v) is 3.61. The molecule has 0 N–H and O–H groups in total. The first-order valence-electron chi connectivity index (χ1n) is 7.46. The molecule has 112 valence electrons. The number of pyridine rings is 1. The van der Waals surface area contributed by atoms with Gasteiger partial charge in [-0.3, -0.25) is 0 Å². The first-order valence-corrected chi connectivity index (χ1v) is 7.46. The van der Waals surface area contributed by atoms with Gasteiger partial charge in [0.1, 0.15) is 6.61 Å². The van der Waals surface area contributed by atoms with E-state index in [1.807, 2.05) is 61.5 Å². The molecule has 0 aliphatic heterocycles. The molecule has 3 rings (SSSR count). The van der Waals surface area contributed by atoms with E-state index in [2.05, 4.69) is 17.0 Å². The summed E-state index contributed by atoms with van der Waals surface area (Å²) >= 11 is 0. The van der Waals surface area contributed by atoms with Crippen molar-refractivity contribution in [2.45, 2.75) is 13.5 Å². The Kier molecular flexibility index (Phi) is 4.40. The Bertz CT molecular complexity index is 830. The molecule has 0 fully saturated rings. The van der Waals surface area contributed by atoms with E-state index < -0.39 is 0 Å². The number of aromatic nitrogens is 1. The van der Waals surface area contributed by atoms with Gasteiger partial charge in [-0.1, -0.05) is 48.4 Å². The van der Waals surface area contributed by atoms with Crippen molar-refractivity contribution in [3.8, 4) is 29.4 Å². The first-order chi connectivity index (χ1) is 11.3. The SMILES string of the molecule is C#Cc1cc(C)ccc1-c1ccc(OCc2ccccc2)nc1. The van der Waals surface area contributed by atoms with Crippen LogP contribution in [0, 0.1) is 19.3 Å². The van der Waals surface area contributed by atoms with Gasteiger partial charge in [0, 0.05) is 23.4 Å². The van der Waals surface area contributed by atoms with E-state index in [1.165, 1.54) is 0 Å². The second-order valence-corrected chi connectivity index (χ2v) is 5.35. The number of hydrogen-bond donors (Lipinski definition) is 0. The van der Waals surface area contributed by atoms with Gasteiger partial charge in [0.15, 0.2) is 0 Å². The summed E-state index contributed by atoms with van der Waals surface area (Å²) in [5.74, 6) is 3.34. The Morgan fingerprint density at radius 1 is 1.04 bits per heavy atom. The van der Waals surface area contributed by atoms with Crippen LogP contribution in [0.3, 0.4) is 0 Å².